The van der Waals surface area contributed by atoms with Crippen molar-refractivity contribution in [3.05, 3.63) is 54.1 Å². The number of benzene rings is 2. The highest BCUT2D eigenvalue weighted by Crippen LogP contribution is 2.34. The second kappa shape index (κ2) is 6.39. The molecule has 0 saturated heterocycles. The molecule has 27 heavy (non-hydrogen) atoms. The van der Waals surface area contributed by atoms with E-state index >= 15 is 0 Å². The van der Waals surface area contributed by atoms with E-state index in [1.807, 2.05) is 42.3 Å². The molecule has 0 atom stereocenters. The lowest BCUT2D eigenvalue weighted by atomic mass is 10.1. The van der Waals surface area contributed by atoms with Crippen molar-refractivity contribution in [3.8, 4) is 11.5 Å². The molecule has 4 rings (SSSR count). The van der Waals surface area contributed by atoms with E-state index in [-0.39, 0.29) is 6.04 Å². The number of furan rings is 1. The van der Waals surface area contributed by atoms with E-state index in [2.05, 4.69) is 13.8 Å². The second-order valence-corrected chi connectivity index (χ2v) is 6.82. The zero-order valence-corrected chi connectivity index (χ0v) is 15.4. The summed E-state index contributed by atoms with van der Waals surface area (Å²) in [6, 6.07) is 15.1. The number of primary amides is 1. The average molecular weight is 360 g/mol. The molecule has 136 valence electrons. The summed E-state index contributed by atoms with van der Waals surface area (Å²) in [7, 11) is 1.96. The van der Waals surface area contributed by atoms with Crippen molar-refractivity contribution in [2.75, 3.05) is 11.9 Å². The third-order valence-electron chi connectivity index (χ3n) is 4.70. The minimum Gasteiger partial charge on any atom is -0.454 e. The van der Waals surface area contributed by atoms with E-state index in [1.165, 1.54) is 0 Å². The van der Waals surface area contributed by atoms with Gasteiger partial charge in [-0.1, -0.05) is 18.2 Å². The maximum atomic E-state index is 11.5. The number of fused-ring (bicyclic) bond motifs is 2. The molecule has 0 aliphatic rings. The summed E-state index contributed by atoms with van der Waals surface area (Å²) in [6.45, 7) is 4.16. The number of rotatable bonds is 4. The summed E-state index contributed by atoms with van der Waals surface area (Å²) >= 11 is 0. The van der Waals surface area contributed by atoms with Crippen molar-refractivity contribution in [2.45, 2.75) is 19.9 Å². The number of carbonyl (C=O) groups is 1. The van der Waals surface area contributed by atoms with Crippen LogP contribution >= 0.6 is 0 Å². The van der Waals surface area contributed by atoms with E-state index in [9.17, 15) is 4.79 Å². The minimum absolute atomic E-state index is 0.208. The molecular weight excluding hydrogens is 340 g/mol. The van der Waals surface area contributed by atoms with Crippen molar-refractivity contribution in [2.24, 2.45) is 5.73 Å². The lowest BCUT2D eigenvalue weighted by Crippen LogP contribution is -2.27. The van der Waals surface area contributed by atoms with Gasteiger partial charge in [0.2, 0.25) is 5.91 Å². The molecule has 4 aromatic rings. The zero-order valence-electron chi connectivity index (χ0n) is 15.4. The SMILES string of the molecule is CC(C)N(C)c1nc2cc(C(N)=O)ccc2nc1-c1cc2ccccc2o1. The summed E-state index contributed by atoms with van der Waals surface area (Å²) in [6.07, 6.45) is 0. The normalized spacial score (nSPS) is 11.4. The standard InChI is InChI=1S/C21H20N4O2/c1-12(2)25(3)21-19(18-11-13-6-4-5-7-17(13)27-18)23-15-9-8-14(20(22)26)10-16(15)24-21/h4-12H,1-3H3,(H2,22,26). The van der Waals surface area contributed by atoms with Crippen molar-refractivity contribution < 1.29 is 9.21 Å². The molecule has 6 heteroatoms. The van der Waals surface area contributed by atoms with Gasteiger partial charge in [-0.15, -0.1) is 0 Å². The highest BCUT2D eigenvalue weighted by atomic mass is 16.3. The minimum atomic E-state index is -0.487. The Labute approximate surface area is 156 Å². The fourth-order valence-electron chi connectivity index (χ4n) is 2.95. The van der Waals surface area contributed by atoms with Crippen LogP contribution < -0.4 is 10.6 Å². The number of para-hydroxylation sites is 1. The highest BCUT2D eigenvalue weighted by molar-refractivity contribution is 5.97. The molecule has 0 aliphatic heterocycles. The Morgan fingerprint density at radius 1 is 1.07 bits per heavy atom. The van der Waals surface area contributed by atoms with Crippen LogP contribution in [0, 0.1) is 0 Å². The van der Waals surface area contributed by atoms with Crippen LogP contribution in [-0.2, 0) is 0 Å². The smallest absolute Gasteiger partial charge is 0.248 e. The average Bonchev–Trinajstić information content (AvgIpc) is 3.09. The number of aromatic nitrogens is 2. The van der Waals surface area contributed by atoms with Crippen LogP contribution in [0.1, 0.15) is 24.2 Å². The van der Waals surface area contributed by atoms with Gasteiger partial charge in [-0.25, -0.2) is 9.97 Å². The number of nitrogens with zero attached hydrogens (tertiary/aromatic N) is 3. The van der Waals surface area contributed by atoms with Crippen LogP contribution in [0.3, 0.4) is 0 Å². The fourth-order valence-corrected chi connectivity index (χ4v) is 2.95. The number of hydrogen-bond acceptors (Lipinski definition) is 5. The lowest BCUT2D eigenvalue weighted by molar-refractivity contribution is 0.100. The third-order valence-corrected chi connectivity index (χ3v) is 4.70. The van der Waals surface area contributed by atoms with Crippen LogP contribution in [0.4, 0.5) is 5.82 Å². The van der Waals surface area contributed by atoms with E-state index in [0.29, 0.717) is 33.9 Å². The third kappa shape index (κ3) is 2.99. The molecule has 2 heterocycles. The molecule has 0 bridgehead atoms. The fraction of sp³-hybridized carbons (Fsp3) is 0.190. The molecule has 2 aromatic heterocycles. The first-order valence-electron chi connectivity index (χ1n) is 8.77. The largest absolute Gasteiger partial charge is 0.454 e. The monoisotopic (exact) mass is 360 g/mol. The van der Waals surface area contributed by atoms with Crippen molar-refractivity contribution in [1.82, 2.24) is 9.97 Å². The quantitative estimate of drug-likeness (QED) is 0.595. The first-order valence-corrected chi connectivity index (χ1v) is 8.77. The van der Waals surface area contributed by atoms with Crippen molar-refractivity contribution >= 4 is 33.7 Å². The maximum absolute atomic E-state index is 11.5. The van der Waals surface area contributed by atoms with Gasteiger partial charge in [0, 0.05) is 24.0 Å². The maximum Gasteiger partial charge on any atom is 0.248 e. The highest BCUT2D eigenvalue weighted by Gasteiger charge is 2.20. The molecule has 2 N–H and O–H groups in total. The lowest BCUT2D eigenvalue weighted by Gasteiger charge is -2.24. The summed E-state index contributed by atoms with van der Waals surface area (Å²) in [5, 5.41) is 1.01. The van der Waals surface area contributed by atoms with Gasteiger partial charge < -0.3 is 15.1 Å². The van der Waals surface area contributed by atoms with Gasteiger partial charge in [-0.2, -0.15) is 0 Å². The van der Waals surface area contributed by atoms with Gasteiger partial charge in [0.1, 0.15) is 11.3 Å². The van der Waals surface area contributed by atoms with Crippen LogP contribution in [0.15, 0.2) is 52.9 Å². The molecular formula is C21H20N4O2. The van der Waals surface area contributed by atoms with Crippen LogP contribution in [0.2, 0.25) is 0 Å². The molecule has 0 aliphatic carbocycles. The summed E-state index contributed by atoms with van der Waals surface area (Å²) in [5.74, 6) is 0.865. The van der Waals surface area contributed by atoms with E-state index < -0.39 is 5.91 Å². The van der Waals surface area contributed by atoms with E-state index in [4.69, 9.17) is 20.1 Å². The molecule has 0 spiro atoms. The topological polar surface area (TPSA) is 85.3 Å². The van der Waals surface area contributed by atoms with Gasteiger partial charge in [-0.3, -0.25) is 4.79 Å². The predicted molar refractivity (Wildman–Crippen MR) is 107 cm³/mol. The molecule has 0 unspecified atom stereocenters. The molecule has 0 saturated carbocycles. The molecule has 1 amide bonds. The van der Waals surface area contributed by atoms with Gasteiger partial charge in [-0.05, 0) is 44.2 Å². The number of hydrogen-bond donors (Lipinski definition) is 1. The molecule has 0 fully saturated rings. The van der Waals surface area contributed by atoms with Gasteiger partial charge in [0.25, 0.3) is 0 Å². The molecule has 0 radical (unpaired) electrons. The van der Waals surface area contributed by atoms with Crippen molar-refractivity contribution in [1.29, 1.82) is 0 Å². The Morgan fingerprint density at radius 3 is 2.56 bits per heavy atom. The number of anilines is 1. The van der Waals surface area contributed by atoms with Crippen molar-refractivity contribution in [3.63, 3.8) is 0 Å². The zero-order chi connectivity index (χ0) is 19.1. The van der Waals surface area contributed by atoms with Crippen LogP contribution in [-0.4, -0.2) is 29.0 Å². The first kappa shape index (κ1) is 17.0. The predicted octanol–water partition coefficient (Wildman–Crippen LogP) is 3.99. The Balaban J connectivity index is 1.97. The first-order chi connectivity index (χ1) is 12.9. The van der Waals surface area contributed by atoms with Gasteiger partial charge in [0.05, 0.1) is 11.0 Å². The summed E-state index contributed by atoms with van der Waals surface area (Å²) in [5.41, 5.74) is 8.58. The summed E-state index contributed by atoms with van der Waals surface area (Å²) in [4.78, 5) is 23.1. The molecule has 6 nitrogen and oxygen atoms in total. The second-order valence-electron chi connectivity index (χ2n) is 6.82. The summed E-state index contributed by atoms with van der Waals surface area (Å²) < 4.78 is 6.03. The Bertz CT molecular complexity index is 1130. The van der Waals surface area contributed by atoms with Crippen LogP contribution in [0.5, 0.6) is 0 Å². The number of amides is 1. The van der Waals surface area contributed by atoms with E-state index in [1.54, 1.807) is 18.2 Å². The van der Waals surface area contributed by atoms with Gasteiger partial charge >= 0.3 is 0 Å². The Hall–Kier alpha value is -3.41. The number of nitrogens with two attached hydrogens (primary N) is 1. The Morgan fingerprint density at radius 2 is 1.85 bits per heavy atom. The van der Waals surface area contributed by atoms with Gasteiger partial charge in [0.15, 0.2) is 11.6 Å². The van der Waals surface area contributed by atoms with Crippen LogP contribution in [0.25, 0.3) is 33.5 Å². The van der Waals surface area contributed by atoms with E-state index in [0.717, 1.165) is 11.0 Å². The molecule has 2 aromatic carbocycles. The number of carbonyl (C=O) groups excluding carboxylic acids is 1. The Kier molecular flexibility index (Phi) is 4.03.